The fraction of sp³-hybridized carbons (Fsp3) is 0.0400. The first-order valence-electron chi connectivity index (χ1n) is 9.19. The quantitative estimate of drug-likeness (QED) is 0.320. The Morgan fingerprint density at radius 2 is 0.724 bits per heavy atom. The van der Waals surface area contributed by atoms with E-state index in [1.54, 1.807) is 12.1 Å². The van der Waals surface area contributed by atoms with Crippen LogP contribution in [0, 0.1) is 0 Å². The molecule has 4 aromatic carbocycles. The van der Waals surface area contributed by atoms with E-state index < -0.39 is 21.8 Å². The van der Waals surface area contributed by atoms with Crippen molar-refractivity contribution in [3.05, 3.63) is 121 Å². The summed E-state index contributed by atoms with van der Waals surface area (Å²) < 4.78 is 39.6. The third-order valence-electron chi connectivity index (χ3n) is 4.83. The third-order valence-corrected chi connectivity index (χ3v) is 8.74. The zero-order valence-corrected chi connectivity index (χ0v) is 16.3. The number of rotatable bonds is 4. The molecule has 0 saturated carbocycles. The number of halogens is 3. The summed E-state index contributed by atoms with van der Waals surface area (Å²) in [4.78, 5) is 4.11. The second-order valence-corrected chi connectivity index (χ2v) is 9.68. The van der Waals surface area contributed by atoms with Crippen molar-refractivity contribution in [2.45, 2.75) is 25.8 Å². The van der Waals surface area contributed by atoms with Crippen molar-refractivity contribution < 1.29 is 13.2 Å². The standard InChI is InChI=1S/C25H19F3S/c26-25(27,28)20-16-18-24(19-17-20)29(21-10-4-1-5-11-21,22-12-6-2-7-13-22)23-14-8-3-9-15-23/h1-19H. The molecule has 0 heterocycles. The van der Waals surface area contributed by atoms with Gasteiger partial charge in [0.1, 0.15) is 0 Å². The first kappa shape index (κ1) is 19.3. The Bertz CT molecular complexity index is 961. The molecular weight excluding hydrogens is 389 g/mol. The van der Waals surface area contributed by atoms with Gasteiger partial charge in [-0.05, 0) is 60.7 Å². The van der Waals surface area contributed by atoms with Crippen molar-refractivity contribution in [3.8, 4) is 0 Å². The van der Waals surface area contributed by atoms with E-state index >= 15 is 0 Å². The van der Waals surface area contributed by atoms with Gasteiger partial charge in [0.25, 0.3) is 0 Å². The molecule has 0 nitrogen and oxygen atoms in total. The lowest BCUT2D eigenvalue weighted by atomic mass is 10.2. The molecule has 0 aliphatic heterocycles. The molecule has 0 saturated heterocycles. The maximum Gasteiger partial charge on any atom is 0.416 e. The van der Waals surface area contributed by atoms with Gasteiger partial charge in [-0.2, -0.15) is 13.2 Å². The van der Waals surface area contributed by atoms with Gasteiger partial charge in [-0.1, -0.05) is 54.6 Å². The topological polar surface area (TPSA) is 0 Å². The Morgan fingerprint density at radius 1 is 0.414 bits per heavy atom. The molecule has 0 fully saturated rings. The van der Waals surface area contributed by atoms with E-state index in [1.165, 1.54) is 12.1 Å². The Morgan fingerprint density at radius 3 is 1.03 bits per heavy atom. The van der Waals surface area contributed by atoms with Crippen molar-refractivity contribution in [1.29, 1.82) is 0 Å². The zero-order chi connectivity index (χ0) is 20.3. The monoisotopic (exact) mass is 408 g/mol. The molecule has 29 heavy (non-hydrogen) atoms. The number of hydrogen-bond donors (Lipinski definition) is 0. The molecule has 4 aromatic rings. The van der Waals surface area contributed by atoms with Crippen molar-refractivity contribution >= 4 is 10.0 Å². The average Bonchev–Trinajstić information content (AvgIpc) is 2.76. The van der Waals surface area contributed by atoms with E-state index in [2.05, 4.69) is 36.4 Å². The van der Waals surface area contributed by atoms with Crippen LogP contribution in [0.4, 0.5) is 13.2 Å². The molecule has 146 valence electrons. The highest BCUT2D eigenvalue weighted by Crippen LogP contribution is 2.73. The largest absolute Gasteiger partial charge is 0.416 e. The first-order chi connectivity index (χ1) is 14.0. The van der Waals surface area contributed by atoms with Crippen molar-refractivity contribution in [2.24, 2.45) is 0 Å². The molecule has 0 unspecified atom stereocenters. The summed E-state index contributed by atoms with van der Waals surface area (Å²) in [5.41, 5.74) is -0.635. The van der Waals surface area contributed by atoms with Gasteiger partial charge in [-0.25, -0.2) is 0 Å². The van der Waals surface area contributed by atoms with Crippen LogP contribution in [0.1, 0.15) is 5.56 Å². The predicted octanol–water partition coefficient (Wildman–Crippen LogP) is 8.05. The predicted molar refractivity (Wildman–Crippen MR) is 111 cm³/mol. The Kier molecular flexibility index (Phi) is 5.20. The zero-order valence-electron chi connectivity index (χ0n) is 15.5. The maximum absolute atomic E-state index is 13.2. The van der Waals surface area contributed by atoms with Crippen LogP contribution in [0.15, 0.2) is 135 Å². The Hall–Kier alpha value is -2.98. The molecule has 4 rings (SSSR count). The van der Waals surface area contributed by atoms with E-state index in [1.807, 2.05) is 54.6 Å². The van der Waals surface area contributed by atoms with Crippen molar-refractivity contribution in [1.82, 2.24) is 0 Å². The van der Waals surface area contributed by atoms with Gasteiger partial charge >= 0.3 is 6.18 Å². The minimum Gasteiger partial charge on any atom is -0.166 e. The van der Waals surface area contributed by atoms with Crippen molar-refractivity contribution in [2.75, 3.05) is 0 Å². The van der Waals surface area contributed by atoms with Gasteiger partial charge in [0, 0.05) is 19.6 Å². The highest BCUT2D eigenvalue weighted by Gasteiger charge is 2.35. The molecule has 0 bridgehead atoms. The smallest absolute Gasteiger partial charge is 0.166 e. The second kappa shape index (κ2) is 7.80. The Labute approximate surface area is 170 Å². The SMILES string of the molecule is FC(F)(F)c1ccc(S(c2ccccc2)(c2ccccc2)c2ccccc2)cc1. The molecule has 0 aliphatic rings. The third kappa shape index (κ3) is 3.56. The fourth-order valence-corrected chi connectivity index (χ4v) is 7.41. The van der Waals surface area contributed by atoms with Gasteiger partial charge < -0.3 is 0 Å². The van der Waals surface area contributed by atoms with Gasteiger partial charge in [0.05, 0.1) is 5.56 Å². The maximum atomic E-state index is 13.2. The summed E-state index contributed by atoms with van der Waals surface area (Å²) in [5.74, 6) is 0. The lowest BCUT2D eigenvalue weighted by Crippen LogP contribution is -2.07. The van der Waals surface area contributed by atoms with E-state index in [0.717, 1.165) is 19.6 Å². The van der Waals surface area contributed by atoms with Crippen LogP contribution in [0.2, 0.25) is 0 Å². The van der Waals surface area contributed by atoms with Crippen LogP contribution in [0.5, 0.6) is 0 Å². The molecule has 0 aromatic heterocycles. The fourth-order valence-electron chi connectivity index (χ4n) is 3.54. The number of alkyl halides is 3. The molecule has 0 N–H and O–H groups in total. The first-order valence-corrected chi connectivity index (χ1v) is 10.8. The summed E-state index contributed by atoms with van der Waals surface area (Å²) in [6.45, 7) is 0. The van der Waals surface area contributed by atoms with Crippen LogP contribution in [-0.4, -0.2) is 0 Å². The van der Waals surface area contributed by atoms with Crippen LogP contribution in [-0.2, 0) is 6.18 Å². The Balaban J connectivity index is 2.06. The lowest BCUT2D eigenvalue weighted by molar-refractivity contribution is -0.137. The molecule has 0 amide bonds. The van der Waals surface area contributed by atoms with Crippen molar-refractivity contribution in [3.63, 3.8) is 0 Å². The van der Waals surface area contributed by atoms with E-state index in [4.69, 9.17) is 0 Å². The highest BCUT2D eigenvalue weighted by molar-refractivity contribution is 8.34. The van der Waals surface area contributed by atoms with E-state index in [0.29, 0.717) is 0 Å². The highest BCUT2D eigenvalue weighted by atomic mass is 32.3. The normalized spacial score (nSPS) is 12.5. The summed E-state index contributed by atoms with van der Waals surface area (Å²) >= 11 is 0. The van der Waals surface area contributed by atoms with E-state index in [9.17, 15) is 13.2 Å². The summed E-state index contributed by atoms with van der Waals surface area (Å²) in [5, 5.41) is 0. The van der Waals surface area contributed by atoms with Gasteiger partial charge in [-0.3, -0.25) is 0 Å². The summed E-state index contributed by atoms with van der Waals surface area (Å²) in [6, 6.07) is 35.7. The number of hydrogen-bond acceptors (Lipinski definition) is 0. The molecule has 0 radical (unpaired) electrons. The molecule has 0 spiro atoms. The summed E-state index contributed by atoms with van der Waals surface area (Å²) in [6.07, 6.45) is -4.36. The van der Waals surface area contributed by atoms with Gasteiger partial charge in [-0.15, -0.1) is 10.0 Å². The van der Waals surface area contributed by atoms with E-state index in [-0.39, 0.29) is 0 Å². The van der Waals surface area contributed by atoms with Crippen LogP contribution < -0.4 is 0 Å². The molecule has 0 atom stereocenters. The van der Waals surface area contributed by atoms with Gasteiger partial charge in [0.15, 0.2) is 0 Å². The lowest BCUT2D eigenvalue weighted by Gasteiger charge is -2.42. The minimum atomic E-state index is -4.36. The number of benzene rings is 4. The van der Waals surface area contributed by atoms with Crippen LogP contribution in [0.3, 0.4) is 0 Å². The van der Waals surface area contributed by atoms with Crippen LogP contribution >= 0.6 is 10.0 Å². The minimum absolute atomic E-state index is 0.635. The van der Waals surface area contributed by atoms with Crippen LogP contribution in [0.25, 0.3) is 0 Å². The molecular formula is C25H19F3S. The molecule has 4 heteroatoms. The molecule has 0 aliphatic carbocycles. The second-order valence-electron chi connectivity index (χ2n) is 6.57. The average molecular weight is 408 g/mol. The van der Waals surface area contributed by atoms with Gasteiger partial charge in [0.2, 0.25) is 0 Å². The summed E-state index contributed by atoms with van der Waals surface area (Å²) in [7, 11) is -1.94.